The maximum atomic E-state index is 2.46. The molecule has 0 spiro atoms. The molecular weight excluding hydrogens is 276 g/mol. The van der Waals surface area contributed by atoms with Gasteiger partial charge in [-0.25, -0.2) is 0 Å². The van der Waals surface area contributed by atoms with E-state index in [9.17, 15) is 0 Å². The Bertz CT molecular complexity index is 690. The maximum Gasteiger partial charge on any atom is 0.00953 e. The van der Waals surface area contributed by atoms with Gasteiger partial charge in [0.25, 0.3) is 0 Å². The first-order valence-electron chi connectivity index (χ1n) is 8.90. The van der Waals surface area contributed by atoms with Crippen LogP contribution in [0.1, 0.15) is 81.7 Å². The normalized spacial score (nSPS) is 18.1. The second-order valence-electron chi connectivity index (χ2n) is 9.13. The van der Waals surface area contributed by atoms with E-state index in [1.54, 1.807) is 11.1 Å². The highest BCUT2D eigenvalue weighted by Gasteiger charge is 2.26. The molecule has 23 heavy (non-hydrogen) atoms. The molecule has 0 nitrogen and oxygen atoms in total. The van der Waals surface area contributed by atoms with Crippen molar-refractivity contribution < 1.29 is 0 Å². The van der Waals surface area contributed by atoms with Crippen molar-refractivity contribution in [3.05, 3.63) is 70.3 Å². The lowest BCUT2D eigenvalue weighted by molar-refractivity contribution is 0.588. The Morgan fingerprint density at radius 3 is 1.87 bits per heavy atom. The van der Waals surface area contributed by atoms with Crippen LogP contribution in [0.25, 0.3) is 0 Å². The molecule has 1 atom stereocenters. The Labute approximate surface area is 141 Å². The second kappa shape index (κ2) is 5.51. The van der Waals surface area contributed by atoms with E-state index < -0.39 is 0 Å². The van der Waals surface area contributed by atoms with Gasteiger partial charge >= 0.3 is 0 Å². The molecule has 0 amide bonds. The third-order valence-corrected chi connectivity index (χ3v) is 5.27. The first-order valence-corrected chi connectivity index (χ1v) is 8.90. The minimum atomic E-state index is 0.220. The molecule has 2 aromatic rings. The Hall–Kier alpha value is -1.56. The SMILES string of the molecule is CC(C)(C)c1ccc(C2CCc3ccc(C(C)(C)C)cc32)cc1. The van der Waals surface area contributed by atoms with Gasteiger partial charge in [-0.1, -0.05) is 84.0 Å². The highest BCUT2D eigenvalue weighted by atomic mass is 14.3. The smallest absolute Gasteiger partial charge is 0.00953 e. The minimum absolute atomic E-state index is 0.220. The Kier molecular flexibility index (Phi) is 3.91. The van der Waals surface area contributed by atoms with E-state index in [4.69, 9.17) is 0 Å². The summed E-state index contributed by atoms with van der Waals surface area (Å²) in [6, 6.07) is 16.5. The largest absolute Gasteiger partial charge is 0.0585 e. The molecule has 0 bridgehead atoms. The van der Waals surface area contributed by atoms with Crippen LogP contribution >= 0.6 is 0 Å². The van der Waals surface area contributed by atoms with Crippen LogP contribution in [0.15, 0.2) is 42.5 Å². The molecule has 0 saturated carbocycles. The summed E-state index contributed by atoms with van der Waals surface area (Å²) < 4.78 is 0. The number of aryl methyl sites for hydroxylation is 1. The van der Waals surface area contributed by atoms with Gasteiger partial charge in [0.1, 0.15) is 0 Å². The monoisotopic (exact) mass is 306 g/mol. The fourth-order valence-corrected chi connectivity index (χ4v) is 3.63. The van der Waals surface area contributed by atoms with E-state index in [0.29, 0.717) is 5.92 Å². The molecule has 0 radical (unpaired) electrons. The summed E-state index contributed by atoms with van der Waals surface area (Å²) in [5.41, 5.74) is 7.90. The molecule has 1 unspecified atom stereocenters. The van der Waals surface area contributed by atoms with Gasteiger partial charge in [-0.3, -0.25) is 0 Å². The first kappa shape index (κ1) is 16.3. The summed E-state index contributed by atoms with van der Waals surface area (Å²) in [5, 5.41) is 0. The molecular formula is C23H30. The zero-order valence-electron chi connectivity index (χ0n) is 15.5. The summed E-state index contributed by atoms with van der Waals surface area (Å²) in [6.07, 6.45) is 2.46. The topological polar surface area (TPSA) is 0 Å². The minimum Gasteiger partial charge on any atom is -0.0585 e. The lowest BCUT2D eigenvalue weighted by atomic mass is 9.82. The van der Waals surface area contributed by atoms with Gasteiger partial charge in [0.05, 0.1) is 0 Å². The average molecular weight is 306 g/mol. The average Bonchev–Trinajstić information content (AvgIpc) is 2.88. The number of fused-ring (bicyclic) bond motifs is 1. The van der Waals surface area contributed by atoms with Crippen molar-refractivity contribution in [1.82, 2.24) is 0 Å². The molecule has 0 aromatic heterocycles. The Morgan fingerprint density at radius 1 is 0.739 bits per heavy atom. The molecule has 1 aliphatic rings. The Morgan fingerprint density at radius 2 is 1.30 bits per heavy atom. The lowest BCUT2D eigenvalue weighted by Crippen LogP contribution is -2.12. The van der Waals surface area contributed by atoms with Crippen LogP contribution in [0.3, 0.4) is 0 Å². The summed E-state index contributed by atoms with van der Waals surface area (Å²) in [5.74, 6) is 0.571. The van der Waals surface area contributed by atoms with Crippen molar-refractivity contribution in [3.8, 4) is 0 Å². The predicted molar refractivity (Wildman–Crippen MR) is 100 cm³/mol. The maximum absolute atomic E-state index is 2.46. The van der Waals surface area contributed by atoms with Gasteiger partial charge in [-0.05, 0) is 51.5 Å². The van der Waals surface area contributed by atoms with Gasteiger partial charge in [0.15, 0.2) is 0 Å². The molecule has 0 heterocycles. The van der Waals surface area contributed by atoms with Gasteiger partial charge in [0, 0.05) is 5.92 Å². The molecule has 3 rings (SSSR count). The van der Waals surface area contributed by atoms with E-state index in [-0.39, 0.29) is 10.8 Å². The van der Waals surface area contributed by atoms with Crippen LogP contribution in [-0.2, 0) is 17.3 Å². The molecule has 0 N–H and O–H groups in total. The third-order valence-electron chi connectivity index (χ3n) is 5.27. The number of benzene rings is 2. The number of hydrogen-bond donors (Lipinski definition) is 0. The fourth-order valence-electron chi connectivity index (χ4n) is 3.63. The molecule has 1 aliphatic carbocycles. The summed E-state index contributed by atoms with van der Waals surface area (Å²) >= 11 is 0. The third kappa shape index (κ3) is 3.22. The van der Waals surface area contributed by atoms with Crippen LogP contribution in [0.5, 0.6) is 0 Å². The van der Waals surface area contributed by atoms with Gasteiger partial charge in [0.2, 0.25) is 0 Å². The molecule has 0 aliphatic heterocycles. The van der Waals surface area contributed by atoms with Crippen LogP contribution in [-0.4, -0.2) is 0 Å². The molecule has 0 saturated heterocycles. The van der Waals surface area contributed by atoms with Crippen molar-refractivity contribution in [2.45, 2.75) is 71.1 Å². The Balaban J connectivity index is 1.96. The van der Waals surface area contributed by atoms with Crippen LogP contribution in [0, 0.1) is 0 Å². The highest BCUT2D eigenvalue weighted by Crippen LogP contribution is 2.40. The molecule has 0 fully saturated rings. The zero-order chi connectivity index (χ0) is 16.8. The van der Waals surface area contributed by atoms with Crippen molar-refractivity contribution in [3.63, 3.8) is 0 Å². The van der Waals surface area contributed by atoms with Crippen LogP contribution < -0.4 is 0 Å². The highest BCUT2D eigenvalue weighted by molar-refractivity contribution is 5.46. The van der Waals surface area contributed by atoms with E-state index in [1.165, 1.54) is 29.5 Å². The van der Waals surface area contributed by atoms with Crippen molar-refractivity contribution in [2.75, 3.05) is 0 Å². The summed E-state index contributed by atoms with van der Waals surface area (Å²) in [6.45, 7) is 13.7. The predicted octanol–water partition coefficient (Wildman–Crippen LogP) is 6.36. The fraction of sp³-hybridized carbons (Fsp3) is 0.478. The van der Waals surface area contributed by atoms with E-state index in [0.717, 1.165) is 0 Å². The van der Waals surface area contributed by atoms with Gasteiger partial charge in [-0.2, -0.15) is 0 Å². The molecule has 122 valence electrons. The van der Waals surface area contributed by atoms with Crippen LogP contribution in [0.4, 0.5) is 0 Å². The zero-order valence-corrected chi connectivity index (χ0v) is 15.5. The van der Waals surface area contributed by atoms with E-state index in [2.05, 4.69) is 84.0 Å². The lowest BCUT2D eigenvalue weighted by Gasteiger charge is -2.22. The van der Waals surface area contributed by atoms with Crippen molar-refractivity contribution >= 4 is 0 Å². The van der Waals surface area contributed by atoms with Gasteiger partial charge in [-0.15, -0.1) is 0 Å². The molecule has 2 aromatic carbocycles. The van der Waals surface area contributed by atoms with E-state index >= 15 is 0 Å². The number of rotatable bonds is 1. The van der Waals surface area contributed by atoms with Crippen molar-refractivity contribution in [1.29, 1.82) is 0 Å². The number of hydrogen-bond acceptors (Lipinski definition) is 0. The summed E-state index contributed by atoms with van der Waals surface area (Å²) in [7, 11) is 0. The molecule has 0 heteroatoms. The standard InChI is InChI=1S/C23H30/c1-22(2,3)18-11-7-16(8-12-18)20-14-10-17-9-13-19(15-21(17)20)23(4,5)6/h7-9,11-13,15,20H,10,14H2,1-6H3. The second-order valence-corrected chi connectivity index (χ2v) is 9.13. The summed E-state index contributed by atoms with van der Waals surface area (Å²) in [4.78, 5) is 0. The van der Waals surface area contributed by atoms with Crippen molar-refractivity contribution in [2.24, 2.45) is 0 Å². The van der Waals surface area contributed by atoms with Crippen LogP contribution in [0.2, 0.25) is 0 Å². The van der Waals surface area contributed by atoms with E-state index in [1.807, 2.05) is 0 Å². The first-order chi connectivity index (χ1) is 10.7. The van der Waals surface area contributed by atoms with Gasteiger partial charge < -0.3 is 0 Å². The quantitative estimate of drug-likeness (QED) is 0.575.